The van der Waals surface area contributed by atoms with Gasteiger partial charge in [-0.25, -0.2) is 19.7 Å². The van der Waals surface area contributed by atoms with Crippen molar-refractivity contribution in [3.63, 3.8) is 0 Å². The van der Waals surface area contributed by atoms with Crippen LogP contribution in [0.5, 0.6) is 0 Å². The lowest BCUT2D eigenvalue weighted by Crippen LogP contribution is -2.47. The van der Waals surface area contributed by atoms with E-state index in [0.717, 1.165) is 32.4 Å². The lowest BCUT2D eigenvalue weighted by molar-refractivity contribution is 0.0593. The fraction of sp³-hybridized carbons (Fsp3) is 0.524. The molecule has 1 spiro atoms. The molecule has 2 fully saturated rings. The number of ether oxygens (including phenoxy) is 1. The van der Waals surface area contributed by atoms with Crippen molar-refractivity contribution in [2.45, 2.75) is 55.0 Å². The highest BCUT2D eigenvalue weighted by atomic mass is 35.5. The Morgan fingerprint density at radius 1 is 1.29 bits per heavy atom. The summed E-state index contributed by atoms with van der Waals surface area (Å²) in [5, 5.41) is 1.13. The molecular weight excluding hydrogens is 457 g/mol. The van der Waals surface area contributed by atoms with E-state index in [-0.39, 0.29) is 22.3 Å². The second kappa shape index (κ2) is 9.10. The van der Waals surface area contributed by atoms with Gasteiger partial charge in [-0.05, 0) is 44.1 Å². The van der Waals surface area contributed by atoms with Crippen molar-refractivity contribution in [2.75, 3.05) is 25.1 Å². The molecule has 0 bridgehead atoms. The molecule has 2 aromatic rings. The van der Waals surface area contributed by atoms with Crippen LogP contribution in [0.4, 0.5) is 5.82 Å². The number of hydrogen-bond donors (Lipinski definition) is 1. The average Bonchev–Trinajstić information content (AvgIpc) is 3.12. The van der Waals surface area contributed by atoms with Crippen molar-refractivity contribution in [1.82, 2.24) is 15.0 Å². The summed E-state index contributed by atoms with van der Waals surface area (Å²) >= 11 is 13.6. The van der Waals surface area contributed by atoms with Crippen LogP contribution in [0.1, 0.15) is 48.3 Å². The molecule has 31 heavy (non-hydrogen) atoms. The Balaban J connectivity index is 1.63. The minimum Gasteiger partial charge on any atom is -0.464 e. The summed E-state index contributed by atoms with van der Waals surface area (Å²) in [6.45, 7) is 3.46. The topological polar surface area (TPSA) is 94.2 Å². The molecule has 166 valence electrons. The van der Waals surface area contributed by atoms with Crippen LogP contribution in [0.15, 0.2) is 22.2 Å². The summed E-state index contributed by atoms with van der Waals surface area (Å²) in [5.41, 5.74) is 7.55. The summed E-state index contributed by atoms with van der Waals surface area (Å²) in [6, 6.07) is 2.01. The molecule has 1 saturated carbocycles. The van der Waals surface area contributed by atoms with Crippen LogP contribution in [-0.4, -0.2) is 47.2 Å². The molecule has 1 saturated heterocycles. The van der Waals surface area contributed by atoms with Crippen molar-refractivity contribution >= 4 is 46.8 Å². The highest BCUT2D eigenvalue weighted by Crippen LogP contribution is 2.46. The van der Waals surface area contributed by atoms with Gasteiger partial charge < -0.3 is 15.4 Å². The second-order valence-electron chi connectivity index (χ2n) is 8.14. The molecule has 0 amide bonds. The SMILES string of the molecule is COC(=O)c1nc(Sc2ccnc(Cl)c2Cl)c(C)nc1N1CCC2(CCC[C@H]2N)CC1. The lowest BCUT2D eigenvalue weighted by atomic mass is 9.74. The molecule has 4 rings (SSSR count). The maximum Gasteiger partial charge on any atom is 0.360 e. The molecule has 1 atom stereocenters. The lowest BCUT2D eigenvalue weighted by Gasteiger charge is -2.42. The predicted molar refractivity (Wildman–Crippen MR) is 122 cm³/mol. The van der Waals surface area contributed by atoms with E-state index in [0.29, 0.717) is 26.5 Å². The first-order valence-corrected chi connectivity index (χ1v) is 11.9. The Hall–Kier alpha value is -1.61. The van der Waals surface area contributed by atoms with Gasteiger partial charge in [-0.2, -0.15) is 0 Å². The molecule has 10 heteroatoms. The highest BCUT2D eigenvalue weighted by Gasteiger charge is 2.43. The maximum atomic E-state index is 12.6. The van der Waals surface area contributed by atoms with Crippen LogP contribution in [-0.2, 0) is 4.74 Å². The molecule has 0 aromatic carbocycles. The van der Waals surface area contributed by atoms with Crippen LogP contribution in [0.2, 0.25) is 10.2 Å². The number of esters is 1. The van der Waals surface area contributed by atoms with Crippen molar-refractivity contribution in [3.8, 4) is 0 Å². The number of rotatable bonds is 4. The van der Waals surface area contributed by atoms with Crippen molar-refractivity contribution in [1.29, 1.82) is 0 Å². The van der Waals surface area contributed by atoms with E-state index in [1.54, 1.807) is 12.3 Å². The van der Waals surface area contributed by atoms with Gasteiger partial charge in [-0.3, -0.25) is 0 Å². The summed E-state index contributed by atoms with van der Waals surface area (Å²) in [7, 11) is 1.35. The Labute approximate surface area is 196 Å². The van der Waals surface area contributed by atoms with Gasteiger partial charge in [0.2, 0.25) is 0 Å². The first-order valence-electron chi connectivity index (χ1n) is 10.3. The Bertz CT molecular complexity index is 998. The van der Waals surface area contributed by atoms with E-state index in [4.69, 9.17) is 38.7 Å². The number of aryl methyl sites for hydroxylation is 1. The first kappa shape index (κ1) is 22.6. The standard InChI is InChI=1S/C21H25Cl2N5O2S/c1-12-19(31-13-5-9-25-17(23)15(13)22)27-16(20(29)30-2)18(26-12)28-10-7-21(8-11-28)6-3-4-14(21)24/h5,9,14H,3-4,6-8,10-11,24H2,1-2H3/t14-/m1/s1. The zero-order valence-corrected chi connectivity index (χ0v) is 19.9. The van der Waals surface area contributed by atoms with Gasteiger partial charge in [0.15, 0.2) is 11.5 Å². The van der Waals surface area contributed by atoms with Gasteiger partial charge in [0.05, 0.1) is 17.8 Å². The van der Waals surface area contributed by atoms with Crippen LogP contribution in [0.25, 0.3) is 0 Å². The number of aromatic nitrogens is 3. The predicted octanol–water partition coefficient (Wildman–Crippen LogP) is 4.52. The van der Waals surface area contributed by atoms with Crippen LogP contribution in [0, 0.1) is 12.3 Å². The summed E-state index contributed by atoms with van der Waals surface area (Å²) in [6.07, 6.45) is 7.04. The largest absolute Gasteiger partial charge is 0.464 e. The van der Waals surface area contributed by atoms with E-state index >= 15 is 0 Å². The Morgan fingerprint density at radius 2 is 2.03 bits per heavy atom. The van der Waals surface area contributed by atoms with E-state index in [2.05, 4.69) is 14.9 Å². The second-order valence-corrected chi connectivity index (χ2v) is 9.91. The number of nitrogens with two attached hydrogens (primary N) is 1. The smallest absolute Gasteiger partial charge is 0.360 e. The number of pyridine rings is 1. The number of piperidine rings is 1. The van der Waals surface area contributed by atoms with Gasteiger partial charge in [-0.1, -0.05) is 41.4 Å². The molecular formula is C21H25Cl2N5O2S. The maximum absolute atomic E-state index is 12.6. The third kappa shape index (κ3) is 4.35. The first-order chi connectivity index (χ1) is 14.8. The number of halogens is 2. The number of hydrogen-bond acceptors (Lipinski definition) is 8. The molecule has 1 aliphatic heterocycles. The van der Waals surface area contributed by atoms with Gasteiger partial charge in [0.25, 0.3) is 0 Å². The van der Waals surface area contributed by atoms with E-state index < -0.39 is 5.97 Å². The zero-order valence-electron chi connectivity index (χ0n) is 17.5. The minimum atomic E-state index is -0.513. The molecule has 2 aromatic heterocycles. The van der Waals surface area contributed by atoms with Crippen molar-refractivity contribution in [2.24, 2.45) is 11.1 Å². The summed E-state index contributed by atoms with van der Waals surface area (Å²) in [5.74, 6) is 0.0510. The number of carbonyl (C=O) groups is 1. The van der Waals surface area contributed by atoms with Gasteiger partial charge >= 0.3 is 5.97 Å². The molecule has 7 nitrogen and oxygen atoms in total. The molecule has 3 heterocycles. The molecule has 0 radical (unpaired) electrons. The number of anilines is 1. The number of nitrogens with zero attached hydrogens (tertiary/aromatic N) is 4. The molecule has 0 unspecified atom stereocenters. The van der Waals surface area contributed by atoms with Gasteiger partial charge in [0, 0.05) is 30.2 Å². The third-order valence-corrected chi connectivity index (χ3v) is 8.46. The molecule has 2 aliphatic rings. The van der Waals surface area contributed by atoms with Crippen LogP contribution in [0.3, 0.4) is 0 Å². The number of carbonyl (C=O) groups excluding carboxylic acids is 1. The fourth-order valence-electron chi connectivity index (χ4n) is 4.58. The molecule has 1 aliphatic carbocycles. The quantitative estimate of drug-likeness (QED) is 0.502. The highest BCUT2D eigenvalue weighted by molar-refractivity contribution is 7.99. The van der Waals surface area contributed by atoms with Gasteiger partial charge in [0.1, 0.15) is 10.2 Å². The molecule has 2 N–H and O–H groups in total. The van der Waals surface area contributed by atoms with Crippen LogP contribution >= 0.6 is 35.0 Å². The Morgan fingerprint density at radius 3 is 2.68 bits per heavy atom. The van der Waals surface area contributed by atoms with Crippen LogP contribution < -0.4 is 10.6 Å². The van der Waals surface area contributed by atoms with Crippen molar-refractivity contribution < 1.29 is 9.53 Å². The normalized spacial score (nSPS) is 20.3. The number of methoxy groups -OCH3 is 1. The zero-order chi connectivity index (χ0) is 22.2. The fourth-order valence-corrected chi connectivity index (χ4v) is 5.87. The van der Waals surface area contributed by atoms with E-state index in [1.165, 1.54) is 31.7 Å². The van der Waals surface area contributed by atoms with E-state index in [1.807, 2.05) is 6.92 Å². The monoisotopic (exact) mass is 481 g/mol. The minimum absolute atomic E-state index is 0.207. The summed E-state index contributed by atoms with van der Waals surface area (Å²) in [4.78, 5) is 28.8. The third-order valence-electron chi connectivity index (χ3n) is 6.44. The Kier molecular flexibility index (Phi) is 6.62. The summed E-state index contributed by atoms with van der Waals surface area (Å²) < 4.78 is 5.01. The van der Waals surface area contributed by atoms with Gasteiger partial charge in [-0.15, -0.1) is 0 Å². The van der Waals surface area contributed by atoms with Crippen molar-refractivity contribution in [3.05, 3.63) is 33.8 Å². The average molecular weight is 482 g/mol. The van der Waals surface area contributed by atoms with E-state index in [9.17, 15) is 4.79 Å².